The van der Waals surface area contributed by atoms with Crippen LogP contribution < -0.4 is 38.9 Å². The van der Waals surface area contributed by atoms with E-state index in [1.54, 1.807) is 0 Å². The quantitative estimate of drug-likeness (QED) is 0.0603. The highest BCUT2D eigenvalue weighted by Crippen LogP contribution is 2.02. The van der Waals surface area contributed by atoms with Gasteiger partial charge >= 0.3 is 5.97 Å². The van der Waals surface area contributed by atoms with Gasteiger partial charge in [-0.2, -0.15) is 0 Å². The van der Waals surface area contributed by atoms with E-state index in [0.29, 0.717) is 12.1 Å². The number of hydrogen-bond donors (Lipinski definition) is 9. The third-order valence-corrected chi connectivity index (χ3v) is 4.65. The maximum absolute atomic E-state index is 12.6. The minimum atomic E-state index is -1.28. The van der Waals surface area contributed by atoms with E-state index < -0.39 is 54.3 Å². The Balaban J connectivity index is 2.63. The molecule has 1 aromatic rings. The first-order valence-corrected chi connectivity index (χ1v) is 10.7. The zero-order chi connectivity index (χ0) is 26.4. The van der Waals surface area contributed by atoms with Crippen molar-refractivity contribution >= 4 is 35.6 Å². The van der Waals surface area contributed by atoms with Gasteiger partial charge in [0.15, 0.2) is 5.96 Å². The molecule has 0 aliphatic carbocycles. The van der Waals surface area contributed by atoms with Crippen LogP contribution in [0, 0.1) is 0 Å². The second kappa shape index (κ2) is 14.8. The van der Waals surface area contributed by atoms with Crippen molar-refractivity contribution in [3.8, 4) is 0 Å². The van der Waals surface area contributed by atoms with E-state index in [4.69, 9.17) is 22.9 Å². The molecule has 4 amide bonds. The first-order chi connectivity index (χ1) is 16.5. The summed E-state index contributed by atoms with van der Waals surface area (Å²) in [6, 6.07) is -3.44. The predicted octanol–water partition coefficient (Wildman–Crippen LogP) is -4.23. The minimum absolute atomic E-state index is 0.0482. The zero-order valence-electron chi connectivity index (χ0n) is 19.0. The summed E-state index contributed by atoms with van der Waals surface area (Å²) in [5.74, 6) is -4.27. The third-order valence-electron chi connectivity index (χ3n) is 4.65. The molecule has 1 heterocycles. The number of carbonyl (C=O) groups excluding carboxylic acids is 4. The number of carbonyl (C=O) groups is 5. The maximum atomic E-state index is 12.6. The number of rotatable bonds is 16. The fourth-order valence-electron chi connectivity index (χ4n) is 2.84. The average Bonchev–Trinajstić information content (AvgIpc) is 3.29. The summed E-state index contributed by atoms with van der Waals surface area (Å²) in [6.07, 6.45) is 3.03. The smallest absolute Gasteiger partial charge is 0.326 e. The van der Waals surface area contributed by atoms with Gasteiger partial charge in [0.05, 0.1) is 18.9 Å². The van der Waals surface area contributed by atoms with Crippen molar-refractivity contribution in [3.63, 3.8) is 0 Å². The van der Waals surface area contributed by atoms with Gasteiger partial charge in [0, 0.05) is 31.3 Å². The topological polar surface area (TPSA) is 287 Å². The molecule has 0 saturated heterocycles. The van der Waals surface area contributed by atoms with Crippen molar-refractivity contribution in [2.24, 2.45) is 27.9 Å². The van der Waals surface area contributed by atoms with Gasteiger partial charge in [0.2, 0.25) is 23.6 Å². The number of aliphatic carboxylic acids is 1. The van der Waals surface area contributed by atoms with Gasteiger partial charge in [-0.15, -0.1) is 0 Å². The summed E-state index contributed by atoms with van der Waals surface area (Å²) in [4.78, 5) is 70.0. The van der Waals surface area contributed by atoms with E-state index in [2.05, 4.69) is 30.9 Å². The van der Waals surface area contributed by atoms with Crippen LogP contribution in [-0.4, -0.2) is 81.8 Å². The number of aromatic amines is 1. The lowest BCUT2D eigenvalue weighted by atomic mass is 10.1. The molecule has 3 atom stereocenters. The van der Waals surface area contributed by atoms with Crippen LogP contribution in [0.15, 0.2) is 17.5 Å². The van der Waals surface area contributed by atoms with E-state index in [1.165, 1.54) is 12.5 Å². The maximum Gasteiger partial charge on any atom is 0.326 e. The number of nitrogens with two attached hydrogens (primary N) is 4. The highest BCUT2D eigenvalue weighted by molar-refractivity contribution is 5.93. The number of amides is 4. The van der Waals surface area contributed by atoms with Crippen LogP contribution in [0.4, 0.5) is 0 Å². The van der Waals surface area contributed by atoms with Crippen LogP contribution in [0.1, 0.15) is 31.4 Å². The fraction of sp³-hybridized carbons (Fsp3) is 0.526. The number of carboxylic acid groups (broad SMARTS) is 1. The molecule has 0 aliphatic heterocycles. The molecular weight excluding hydrogens is 464 g/mol. The molecule has 3 unspecified atom stereocenters. The molecule has 35 heavy (non-hydrogen) atoms. The van der Waals surface area contributed by atoms with E-state index >= 15 is 0 Å². The van der Waals surface area contributed by atoms with Gasteiger partial charge in [0.25, 0.3) is 0 Å². The van der Waals surface area contributed by atoms with Crippen LogP contribution in [-0.2, 0) is 30.4 Å². The number of primary amides is 1. The van der Waals surface area contributed by atoms with E-state index in [1.807, 2.05) is 0 Å². The molecule has 0 radical (unpaired) electrons. The SMILES string of the molecule is NC(=O)CCC(NC(=O)C(N)CCCN=C(N)N)C(=O)NCC(=O)NC(Cc1cnc[nH]1)C(=O)O. The summed E-state index contributed by atoms with van der Waals surface area (Å²) < 4.78 is 0. The Kier molecular flexibility index (Phi) is 12.2. The Morgan fingerprint density at radius 3 is 2.34 bits per heavy atom. The largest absolute Gasteiger partial charge is 0.480 e. The molecule has 16 heteroatoms. The van der Waals surface area contributed by atoms with Gasteiger partial charge in [-0.25, -0.2) is 9.78 Å². The van der Waals surface area contributed by atoms with E-state index in [0.717, 1.165) is 0 Å². The van der Waals surface area contributed by atoms with Crippen molar-refractivity contribution < 1.29 is 29.1 Å². The lowest BCUT2D eigenvalue weighted by molar-refractivity contribution is -0.141. The van der Waals surface area contributed by atoms with Crippen molar-refractivity contribution in [2.75, 3.05) is 13.1 Å². The first kappa shape index (κ1) is 28.8. The Bertz CT molecular complexity index is 900. The molecule has 0 bridgehead atoms. The molecule has 13 N–H and O–H groups in total. The summed E-state index contributed by atoms with van der Waals surface area (Å²) in [7, 11) is 0. The van der Waals surface area contributed by atoms with Gasteiger partial charge in [0.1, 0.15) is 12.1 Å². The van der Waals surface area contributed by atoms with Gasteiger partial charge < -0.3 is 49.0 Å². The zero-order valence-corrected chi connectivity index (χ0v) is 19.0. The second-order valence-corrected chi connectivity index (χ2v) is 7.58. The molecule has 0 aromatic carbocycles. The number of nitrogens with zero attached hydrogens (tertiary/aromatic N) is 2. The number of imidazole rings is 1. The molecule has 0 fully saturated rings. The monoisotopic (exact) mass is 496 g/mol. The molecule has 0 aliphatic rings. The summed E-state index contributed by atoms with van der Waals surface area (Å²) in [5, 5.41) is 16.3. The van der Waals surface area contributed by atoms with Crippen LogP contribution in [0.2, 0.25) is 0 Å². The van der Waals surface area contributed by atoms with Crippen LogP contribution >= 0.6 is 0 Å². The predicted molar refractivity (Wildman–Crippen MR) is 123 cm³/mol. The van der Waals surface area contributed by atoms with Crippen molar-refractivity contribution in [1.82, 2.24) is 25.9 Å². The summed E-state index contributed by atoms with van der Waals surface area (Å²) >= 11 is 0. The van der Waals surface area contributed by atoms with Crippen LogP contribution in [0.25, 0.3) is 0 Å². The molecule has 194 valence electrons. The Labute approximate surface area is 200 Å². The Morgan fingerprint density at radius 1 is 1.06 bits per heavy atom. The van der Waals surface area contributed by atoms with Gasteiger partial charge in [-0.1, -0.05) is 0 Å². The van der Waals surface area contributed by atoms with Crippen molar-refractivity contribution in [1.29, 1.82) is 0 Å². The number of nitrogens with one attached hydrogen (secondary N) is 4. The van der Waals surface area contributed by atoms with Crippen molar-refractivity contribution in [3.05, 3.63) is 18.2 Å². The lowest BCUT2D eigenvalue weighted by Gasteiger charge is -2.20. The number of guanidine groups is 1. The lowest BCUT2D eigenvalue weighted by Crippen LogP contribution is -2.53. The number of hydrogen-bond acceptors (Lipinski definition) is 8. The van der Waals surface area contributed by atoms with Gasteiger partial charge in [-0.3, -0.25) is 24.2 Å². The molecule has 0 saturated carbocycles. The fourth-order valence-corrected chi connectivity index (χ4v) is 2.84. The Hall–Kier alpha value is -4.21. The number of aromatic nitrogens is 2. The summed E-state index contributed by atoms with van der Waals surface area (Å²) in [5.41, 5.74) is 21.9. The van der Waals surface area contributed by atoms with E-state index in [-0.39, 0.29) is 38.2 Å². The number of carboxylic acids is 1. The Morgan fingerprint density at radius 2 is 1.77 bits per heavy atom. The minimum Gasteiger partial charge on any atom is -0.480 e. The summed E-state index contributed by atoms with van der Waals surface area (Å²) in [6.45, 7) is -0.305. The van der Waals surface area contributed by atoms with Gasteiger partial charge in [-0.05, 0) is 19.3 Å². The molecule has 0 spiro atoms. The number of H-pyrrole nitrogens is 1. The van der Waals surface area contributed by atoms with Crippen molar-refractivity contribution in [2.45, 2.75) is 50.2 Å². The highest BCUT2D eigenvalue weighted by atomic mass is 16.4. The normalized spacial score (nSPS) is 13.1. The highest BCUT2D eigenvalue weighted by Gasteiger charge is 2.26. The standard InChI is InChI=1S/C19H32N10O6/c20-11(2-1-5-25-19(22)23)16(32)29-12(3-4-14(21)30)17(33)26-8-15(31)28-13(18(34)35)6-10-7-24-9-27-10/h7,9,11-13H,1-6,8,20H2,(H2,21,30)(H,24,27)(H,26,33)(H,28,31)(H,29,32)(H,34,35)(H4,22,23,25). The molecule has 1 aromatic heterocycles. The second-order valence-electron chi connectivity index (χ2n) is 7.58. The third kappa shape index (κ3) is 12.0. The van der Waals surface area contributed by atoms with E-state index in [9.17, 15) is 29.1 Å². The molecule has 1 rings (SSSR count). The average molecular weight is 497 g/mol. The van der Waals surface area contributed by atoms with Crippen LogP contribution in [0.3, 0.4) is 0 Å². The number of aliphatic imine (C=N–C) groups is 1. The molecule has 16 nitrogen and oxygen atoms in total. The first-order valence-electron chi connectivity index (χ1n) is 10.7. The van der Waals surface area contributed by atoms with Crippen LogP contribution in [0.5, 0.6) is 0 Å². The molecular formula is C19H32N10O6.